The van der Waals surface area contributed by atoms with Crippen LogP contribution in [-0.4, -0.2) is 0 Å². The van der Waals surface area contributed by atoms with Gasteiger partial charge < -0.3 is 0 Å². The van der Waals surface area contributed by atoms with Crippen molar-refractivity contribution >= 4 is 29.4 Å². The highest BCUT2D eigenvalue weighted by Crippen LogP contribution is 2.47. The first-order chi connectivity index (χ1) is 8.34. The molecule has 0 nitrogen and oxygen atoms in total. The molecule has 0 aliphatic carbocycles. The van der Waals surface area contributed by atoms with Gasteiger partial charge in [0.25, 0.3) is 0 Å². The first-order valence-corrected chi connectivity index (χ1v) is 6.78. The van der Waals surface area contributed by atoms with E-state index in [1.807, 2.05) is 23.9 Å². The summed E-state index contributed by atoms with van der Waals surface area (Å²) in [6.45, 7) is 0. The van der Waals surface area contributed by atoms with Crippen LogP contribution in [0.1, 0.15) is 16.4 Å². The molecule has 2 heteroatoms. The Balaban J connectivity index is 2.02. The third kappa shape index (κ3) is 2.13. The van der Waals surface area contributed by atoms with Gasteiger partial charge in [0.2, 0.25) is 0 Å². The molecular formula is C15H11ClS. The van der Waals surface area contributed by atoms with E-state index in [0.29, 0.717) is 0 Å². The monoisotopic (exact) mass is 258 g/mol. The summed E-state index contributed by atoms with van der Waals surface area (Å²) in [5.74, 6) is 0. The molecule has 2 aromatic rings. The topological polar surface area (TPSA) is 0 Å². The predicted octanol–water partition coefficient (Wildman–Crippen LogP) is 5.11. The van der Waals surface area contributed by atoms with E-state index >= 15 is 0 Å². The summed E-state index contributed by atoms with van der Waals surface area (Å²) in [5, 5.41) is 1.13. The van der Waals surface area contributed by atoms with E-state index in [1.54, 1.807) is 0 Å². The molecule has 1 aliphatic heterocycles. The van der Waals surface area contributed by atoms with E-state index in [0.717, 1.165) is 5.03 Å². The molecule has 0 saturated carbocycles. The van der Waals surface area contributed by atoms with Crippen LogP contribution in [0.4, 0.5) is 0 Å². The van der Waals surface area contributed by atoms with Gasteiger partial charge in [0.15, 0.2) is 0 Å². The SMILES string of the molecule is ClC1=Cc2ccccc2SC1c1ccccc1. The van der Waals surface area contributed by atoms with Gasteiger partial charge in [-0.2, -0.15) is 0 Å². The van der Waals surface area contributed by atoms with E-state index in [4.69, 9.17) is 11.6 Å². The van der Waals surface area contributed by atoms with E-state index in [9.17, 15) is 0 Å². The Morgan fingerprint density at radius 3 is 2.41 bits per heavy atom. The minimum atomic E-state index is 0.229. The zero-order chi connectivity index (χ0) is 11.7. The Labute approximate surface area is 110 Å². The number of rotatable bonds is 1. The minimum Gasteiger partial charge on any atom is -0.112 e. The number of hydrogen-bond donors (Lipinski definition) is 0. The molecule has 0 saturated heterocycles. The standard InChI is InChI=1S/C15H11ClS/c16-13-10-12-8-4-5-9-14(12)17-15(13)11-6-2-1-3-7-11/h1-10,15H. The Morgan fingerprint density at radius 1 is 0.882 bits per heavy atom. The molecule has 1 heterocycles. The van der Waals surface area contributed by atoms with Crippen molar-refractivity contribution in [3.05, 3.63) is 70.8 Å². The van der Waals surface area contributed by atoms with E-state index in [-0.39, 0.29) is 5.25 Å². The van der Waals surface area contributed by atoms with E-state index < -0.39 is 0 Å². The highest BCUT2D eigenvalue weighted by Gasteiger charge is 2.21. The van der Waals surface area contributed by atoms with Crippen LogP contribution in [0.2, 0.25) is 0 Å². The smallest absolute Gasteiger partial charge is 0.0701 e. The minimum absolute atomic E-state index is 0.229. The number of halogens is 1. The summed E-state index contributed by atoms with van der Waals surface area (Å²) in [5.41, 5.74) is 2.47. The van der Waals surface area contributed by atoms with E-state index in [1.165, 1.54) is 16.0 Å². The average Bonchev–Trinajstić information content (AvgIpc) is 2.39. The Morgan fingerprint density at radius 2 is 1.59 bits per heavy atom. The highest BCUT2D eigenvalue weighted by atomic mass is 35.5. The summed E-state index contributed by atoms with van der Waals surface area (Å²) in [4.78, 5) is 1.30. The van der Waals surface area contributed by atoms with Crippen molar-refractivity contribution in [2.75, 3.05) is 0 Å². The molecule has 1 atom stereocenters. The van der Waals surface area contributed by atoms with Crippen molar-refractivity contribution in [3.63, 3.8) is 0 Å². The predicted molar refractivity (Wildman–Crippen MR) is 75.3 cm³/mol. The van der Waals surface area contributed by atoms with Crippen LogP contribution in [0.3, 0.4) is 0 Å². The maximum atomic E-state index is 6.39. The van der Waals surface area contributed by atoms with Gasteiger partial charge in [-0.3, -0.25) is 0 Å². The highest BCUT2D eigenvalue weighted by molar-refractivity contribution is 8.00. The second kappa shape index (κ2) is 4.59. The molecular weight excluding hydrogens is 248 g/mol. The maximum Gasteiger partial charge on any atom is 0.0701 e. The lowest BCUT2D eigenvalue weighted by atomic mass is 10.1. The van der Waals surface area contributed by atoms with Gasteiger partial charge in [0, 0.05) is 9.93 Å². The fourth-order valence-electron chi connectivity index (χ4n) is 1.97. The number of thioether (sulfide) groups is 1. The van der Waals surface area contributed by atoms with Crippen LogP contribution >= 0.6 is 23.4 Å². The number of fused-ring (bicyclic) bond motifs is 1. The fraction of sp³-hybridized carbons (Fsp3) is 0.0667. The lowest BCUT2D eigenvalue weighted by molar-refractivity contribution is 1.18. The lowest BCUT2D eigenvalue weighted by Gasteiger charge is -2.22. The van der Waals surface area contributed by atoms with E-state index in [2.05, 4.69) is 48.5 Å². The second-order valence-electron chi connectivity index (χ2n) is 3.98. The van der Waals surface area contributed by atoms with Gasteiger partial charge in [-0.1, -0.05) is 60.1 Å². The molecule has 0 radical (unpaired) electrons. The third-order valence-corrected chi connectivity index (χ3v) is 4.65. The van der Waals surface area contributed by atoms with Crippen LogP contribution in [0.25, 0.3) is 6.08 Å². The van der Waals surface area contributed by atoms with Gasteiger partial charge in [0.05, 0.1) is 5.25 Å². The van der Waals surface area contributed by atoms with Crippen LogP contribution in [-0.2, 0) is 0 Å². The molecule has 17 heavy (non-hydrogen) atoms. The number of benzene rings is 2. The molecule has 0 fully saturated rings. The molecule has 84 valence electrons. The molecule has 0 N–H and O–H groups in total. The van der Waals surface area contributed by atoms with Crippen molar-refractivity contribution in [1.82, 2.24) is 0 Å². The van der Waals surface area contributed by atoms with Gasteiger partial charge in [0.1, 0.15) is 0 Å². The van der Waals surface area contributed by atoms with Crippen molar-refractivity contribution in [3.8, 4) is 0 Å². The normalized spacial score (nSPS) is 18.4. The number of hydrogen-bond acceptors (Lipinski definition) is 1. The quantitative estimate of drug-likeness (QED) is 0.685. The maximum absolute atomic E-state index is 6.39. The Bertz CT molecular complexity index is 560. The molecule has 1 aliphatic rings. The Kier molecular flexibility index (Phi) is 2.96. The molecule has 0 amide bonds. The summed E-state index contributed by atoms with van der Waals surface area (Å²) in [6, 6.07) is 18.8. The summed E-state index contributed by atoms with van der Waals surface area (Å²) < 4.78 is 0. The second-order valence-corrected chi connectivity index (χ2v) is 5.56. The van der Waals surface area contributed by atoms with Crippen LogP contribution in [0.15, 0.2) is 64.5 Å². The van der Waals surface area contributed by atoms with Gasteiger partial charge in [-0.25, -0.2) is 0 Å². The van der Waals surface area contributed by atoms with Crippen LogP contribution in [0.5, 0.6) is 0 Å². The largest absolute Gasteiger partial charge is 0.112 e. The average molecular weight is 259 g/mol. The molecule has 2 aromatic carbocycles. The third-order valence-electron chi connectivity index (χ3n) is 2.81. The van der Waals surface area contributed by atoms with Crippen LogP contribution in [0, 0.1) is 0 Å². The van der Waals surface area contributed by atoms with Gasteiger partial charge >= 0.3 is 0 Å². The molecule has 0 spiro atoms. The molecule has 3 rings (SSSR count). The lowest BCUT2D eigenvalue weighted by Crippen LogP contribution is -1.99. The summed E-state index contributed by atoms with van der Waals surface area (Å²) in [7, 11) is 0. The van der Waals surface area contributed by atoms with Crippen molar-refractivity contribution in [2.45, 2.75) is 10.1 Å². The molecule has 0 bridgehead atoms. The first-order valence-electron chi connectivity index (χ1n) is 5.52. The van der Waals surface area contributed by atoms with Gasteiger partial charge in [-0.15, -0.1) is 11.8 Å². The van der Waals surface area contributed by atoms with Crippen LogP contribution < -0.4 is 0 Å². The Hall–Kier alpha value is -1.18. The van der Waals surface area contributed by atoms with Crippen molar-refractivity contribution < 1.29 is 0 Å². The zero-order valence-electron chi connectivity index (χ0n) is 9.14. The molecule has 0 aromatic heterocycles. The summed E-state index contributed by atoms with van der Waals surface area (Å²) >= 11 is 8.20. The molecule has 1 unspecified atom stereocenters. The van der Waals surface area contributed by atoms with Gasteiger partial charge in [-0.05, 0) is 23.3 Å². The zero-order valence-corrected chi connectivity index (χ0v) is 10.7. The first kappa shape index (κ1) is 10.9. The van der Waals surface area contributed by atoms with Crippen molar-refractivity contribution in [2.24, 2.45) is 0 Å². The van der Waals surface area contributed by atoms with Crippen molar-refractivity contribution in [1.29, 1.82) is 0 Å². The summed E-state index contributed by atoms with van der Waals surface area (Å²) in [6.07, 6.45) is 2.07. The fourth-order valence-corrected chi connectivity index (χ4v) is 3.49.